The Morgan fingerprint density at radius 1 is 1.22 bits per heavy atom. The first-order valence-electron chi connectivity index (χ1n) is 9.91. The molecule has 3 aromatic rings. The predicted octanol–water partition coefficient (Wildman–Crippen LogP) is 5.03. The van der Waals surface area contributed by atoms with E-state index in [1.54, 1.807) is 6.07 Å². The van der Waals surface area contributed by atoms with Crippen LogP contribution in [-0.4, -0.2) is 44.2 Å². The highest BCUT2D eigenvalue weighted by atomic mass is 28.3. The second-order valence-corrected chi connectivity index (χ2v) is 9.73. The van der Waals surface area contributed by atoms with Gasteiger partial charge in [-0.25, -0.2) is 14.8 Å². The van der Waals surface area contributed by atoms with E-state index in [9.17, 15) is 18.0 Å². The van der Waals surface area contributed by atoms with Crippen LogP contribution in [0, 0.1) is 0 Å². The van der Waals surface area contributed by atoms with Crippen LogP contribution < -0.4 is 15.0 Å². The van der Waals surface area contributed by atoms with Crippen molar-refractivity contribution in [2.24, 2.45) is 0 Å². The van der Waals surface area contributed by atoms with E-state index in [1.807, 2.05) is 0 Å². The molecule has 1 saturated heterocycles. The van der Waals surface area contributed by atoms with E-state index < -0.39 is 26.8 Å². The Morgan fingerprint density at radius 2 is 1.97 bits per heavy atom. The van der Waals surface area contributed by atoms with Crippen LogP contribution in [0.2, 0.25) is 12.1 Å². The Balaban J connectivity index is 1.82. The highest BCUT2D eigenvalue weighted by Crippen LogP contribution is 2.42. The molecule has 1 amide bonds. The minimum atomic E-state index is -4.63. The van der Waals surface area contributed by atoms with E-state index in [2.05, 4.69) is 30.0 Å². The number of ether oxygens (including phenoxy) is 2. The number of nitrogens with one attached hydrogen (secondary N) is 3. The number of amides is 1. The van der Waals surface area contributed by atoms with Crippen molar-refractivity contribution in [1.29, 1.82) is 0 Å². The van der Waals surface area contributed by atoms with Crippen LogP contribution in [0.25, 0.3) is 22.2 Å². The van der Waals surface area contributed by atoms with E-state index in [1.165, 1.54) is 26.5 Å². The van der Waals surface area contributed by atoms with Gasteiger partial charge in [0.25, 0.3) is 0 Å². The van der Waals surface area contributed by atoms with Gasteiger partial charge in [-0.05, 0) is 24.2 Å². The summed E-state index contributed by atoms with van der Waals surface area (Å²) in [6.07, 6.45) is -0.838. The van der Waals surface area contributed by atoms with Crippen molar-refractivity contribution in [3.05, 3.63) is 30.1 Å². The molecule has 3 heterocycles. The maximum Gasteiger partial charge on any atom is 0.419 e. The van der Waals surface area contributed by atoms with E-state index in [0.717, 1.165) is 31.1 Å². The largest absolute Gasteiger partial charge is 0.492 e. The number of hydrogen-bond acceptors (Lipinski definition) is 6. The van der Waals surface area contributed by atoms with Crippen molar-refractivity contribution >= 4 is 37.6 Å². The Kier molecular flexibility index (Phi) is 5.95. The number of nitrogens with zero attached hydrogens (tertiary/aromatic N) is 2. The number of carbonyl (C=O) groups excluding carboxylic acids is 1. The fraction of sp³-hybridized carbons (Fsp3) is 0.350. The second-order valence-electron chi connectivity index (χ2n) is 7.28. The van der Waals surface area contributed by atoms with Crippen LogP contribution in [0.15, 0.2) is 24.5 Å². The van der Waals surface area contributed by atoms with Gasteiger partial charge in [0.1, 0.15) is 5.56 Å². The quantitative estimate of drug-likeness (QED) is 0.458. The molecule has 4 rings (SSSR count). The lowest BCUT2D eigenvalue weighted by atomic mass is 10.0. The van der Waals surface area contributed by atoms with Crippen LogP contribution in [0.3, 0.4) is 0 Å². The minimum absolute atomic E-state index is 0.203. The average molecular weight is 465 g/mol. The molecule has 1 fully saturated rings. The number of alkyl halides is 3. The van der Waals surface area contributed by atoms with Crippen LogP contribution in [0.5, 0.6) is 5.75 Å². The van der Waals surface area contributed by atoms with Crippen molar-refractivity contribution in [3.63, 3.8) is 0 Å². The molecule has 0 spiro atoms. The van der Waals surface area contributed by atoms with Crippen molar-refractivity contribution in [2.75, 3.05) is 24.5 Å². The number of halogens is 3. The molecule has 1 aliphatic heterocycles. The summed E-state index contributed by atoms with van der Waals surface area (Å²) >= 11 is 0. The van der Waals surface area contributed by atoms with Gasteiger partial charge >= 0.3 is 12.3 Å². The number of benzene rings is 1. The molecule has 1 aliphatic rings. The molecule has 0 atom stereocenters. The maximum absolute atomic E-state index is 13.8. The number of fused-ring (bicyclic) bond motifs is 1. The molecule has 0 saturated carbocycles. The molecule has 0 bridgehead atoms. The van der Waals surface area contributed by atoms with Crippen molar-refractivity contribution < 1.29 is 27.4 Å². The van der Waals surface area contributed by atoms with Gasteiger partial charge in [0.05, 0.1) is 31.1 Å². The number of aromatic nitrogens is 3. The number of carbonyl (C=O) groups is 1. The molecule has 12 heteroatoms. The Bertz CT molecular complexity index is 1150. The Morgan fingerprint density at radius 3 is 2.62 bits per heavy atom. The topological polar surface area (TPSA) is 101 Å². The Labute approximate surface area is 183 Å². The van der Waals surface area contributed by atoms with Crippen LogP contribution >= 0.6 is 0 Å². The van der Waals surface area contributed by atoms with Gasteiger partial charge in [-0.3, -0.25) is 5.32 Å². The van der Waals surface area contributed by atoms with Gasteiger partial charge in [-0.15, -0.1) is 0 Å². The minimum Gasteiger partial charge on any atom is -0.492 e. The first-order chi connectivity index (χ1) is 15.3. The third kappa shape index (κ3) is 4.22. The number of hydrogen-bond donors (Lipinski definition) is 3. The van der Waals surface area contributed by atoms with Crippen molar-refractivity contribution in [2.45, 2.75) is 31.1 Å². The maximum atomic E-state index is 13.8. The van der Waals surface area contributed by atoms with Crippen molar-refractivity contribution in [3.8, 4) is 17.0 Å². The monoisotopic (exact) mass is 464 g/mol. The SMILES string of the molecule is COC(=O)Nc1ccc2c(-c3nc(N[Si]4CCCC4)ncc3C(F)(F)F)c[nH]c2c1OC. The number of anilines is 2. The first kappa shape index (κ1) is 21.9. The van der Waals surface area contributed by atoms with Gasteiger partial charge in [0.2, 0.25) is 5.95 Å². The van der Waals surface area contributed by atoms with Gasteiger partial charge in [0.15, 0.2) is 14.7 Å². The molecular formula is C20H21F3N5O3Si. The molecule has 1 aromatic carbocycles. The smallest absolute Gasteiger partial charge is 0.419 e. The lowest BCUT2D eigenvalue weighted by molar-refractivity contribution is -0.137. The van der Waals surface area contributed by atoms with Gasteiger partial charge < -0.3 is 19.4 Å². The molecule has 3 N–H and O–H groups in total. The zero-order valence-electron chi connectivity index (χ0n) is 17.4. The first-order valence-corrected chi connectivity index (χ1v) is 11.8. The predicted molar refractivity (Wildman–Crippen MR) is 115 cm³/mol. The van der Waals surface area contributed by atoms with E-state index >= 15 is 0 Å². The molecule has 8 nitrogen and oxygen atoms in total. The number of H-pyrrole nitrogens is 1. The fourth-order valence-electron chi connectivity index (χ4n) is 3.78. The summed E-state index contributed by atoms with van der Waals surface area (Å²) in [6, 6.07) is 5.19. The molecule has 169 valence electrons. The zero-order chi connectivity index (χ0) is 22.9. The highest BCUT2D eigenvalue weighted by molar-refractivity contribution is 6.62. The van der Waals surface area contributed by atoms with Gasteiger partial charge in [0, 0.05) is 23.3 Å². The summed E-state index contributed by atoms with van der Waals surface area (Å²) in [5.74, 6) is 0.464. The molecule has 0 aliphatic carbocycles. The number of methoxy groups -OCH3 is 2. The second kappa shape index (κ2) is 8.69. The summed E-state index contributed by atoms with van der Waals surface area (Å²) in [6.45, 7) is 0. The van der Waals surface area contributed by atoms with Crippen LogP contribution in [0.4, 0.5) is 29.6 Å². The molecule has 2 aromatic heterocycles. The van der Waals surface area contributed by atoms with Gasteiger partial charge in [-0.2, -0.15) is 13.2 Å². The van der Waals surface area contributed by atoms with Gasteiger partial charge in [-0.1, -0.05) is 12.8 Å². The number of rotatable bonds is 5. The van der Waals surface area contributed by atoms with Crippen molar-refractivity contribution in [1.82, 2.24) is 15.0 Å². The standard InChI is InChI=1S/C20H21F3N5O3Si/c1-30-17-14(26-19(29)31-2)6-5-11-12(9-24-16(11)17)15-13(20(21,22)23)10-25-18(27-15)28-32-7-3-4-8-32/h5-6,9-10,24H,3-4,7-8H2,1-2H3,(H,26,29)(H,25,27,28). The fourth-order valence-corrected chi connectivity index (χ4v) is 6.07. The number of aromatic amines is 1. The Hall–Kier alpha value is -3.28. The normalized spacial score (nSPS) is 14.5. The summed E-state index contributed by atoms with van der Waals surface area (Å²) in [4.78, 5) is 26.0. The van der Waals surface area contributed by atoms with Crippen LogP contribution in [-0.2, 0) is 10.9 Å². The molecule has 1 radical (unpaired) electrons. The summed E-state index contributed by atoms with van der Waals surface area (Å²) in [5, 5.41) is 2.98. The molecule has 32 heavy (non-hydrogen) atoms. The molecule has 0 unspecified atom stereocenters. The lowest BCUT2D eigenvalue weighted by Crippen LogP contribution is -2.22. The lowest BCUT2D eigenvalue weighted by Gasteiger charge is -2.15. The summed E-state index contributed by atoms with van der Waals surface area (Å²) < 4.78 is 51.3. The van der Waals surface area contributed by atoms with Crippen LogP contribution in [0.1, 0.15) is 18.4 Å². The molecular weight excluding hydrogens is 443 g/mol. The zero-order valence-corrected chi connectivity index (χ0v) is 18.4. The highest BCUT2D eigenvalue weighted by Gasteiger charge is 2.36. The van der Waals surface area contributed by atoms with E-state index in [-0.39, 0.29) is 23.0 Å². The summed E-state index contributed by atoms with van der Waals surface area (Å²) in [7, 11) is 1.72. The summed E-state index contributed by atoms with van der Waals surface area (Å²) in [5.41, 5.74) is -0.169. The third-order valence-corrected chi connectivity index (χ3v) is 7.77. The van der Waals surface area contributed by atoms with E-state index in [4.69, 9.17) is 4.74 Å². The average Bonchev–Trinajstić information content (AvgIpc) is 3.42. The van der Waals surface area contributed by atoms with E-state index in [0.29, 0.717) is 16.6 Å². The third-order valence-electron chi connectivity index (χ3n) is 5.28.